The quantitative estimate of drug-likeness (QED) is 0.698. The molecule has 0 aliphatic rings. The molecule has 0 aliphatic heterocycles. The second kappa shape index (κ2) is 9.80. The zero-order valence-corrected chi connectivity index (χ0v) is 13.8. The summed E-state index contributed by atoms with van der Waals surface area (Å²) in [5.41, 5.74) is 3.20. The van der Waals surface area contributed by atoms with Gasteiger partial charge >= 0.3 is 0 Å². The second-order valence-electron chi connectivity index (χ2n) is 5.65. The molecule has 3 nitrogen and oxygen atoms in total. The molecule has 0 heterocycles. The highest BCUT2D eigenvalue weighted by molar-refractivity contribution is 5.95. The van der Waals surface area contributed by atoms with Crippen molar-refractivity contribution in [1.82, 2.24) is 10.6 Å². The molecule has 0 bridgehead atoms. The molecule has 2 aromatic rings. The number of nitrogens with one attached hydrogen (secondary N) is 2. The number of hydrogen-bond acceptors (Lipinski definition) is 2. The van der Waals surface area contributed by atoms with Crippen molar-refractivity contribution in [2.45, 2.75) is 26.2 Å². The Bertz CT molecular complexity index is 596. The Labute approximate surface area is 139 Å². The highest BCUT2D eigenvalue weighted by atomic mass is 16.1. The Morgan fingerprint density at radius 2 is 1.61 bits per heavy atom. The van der Waals surface area contributed by atoms with Crippen LogP contribution in [-0.4, -0.2) is 25.5 Å². The molecule has 0 unspecified atom stereocenters. The third kappa shape index (κ3) is 5.87. The standard InChI is InChI=1S/C20H26N2O/c1-2-14-21-15-16-22-20(23)19-11-7-6-10-18(19)13-12-17-8-4-3-5-9-17/h3-11,21H,2,12-16H2,1H3,(H,22,23). The Balaban J connectivity index is 1.90. The number of carbonyl (C=O) groups excluding carboxylic acids is 1. The highest BCUT2D eigenvalue weighted by Gasteiger charge is 2.10. The molecular weight excluding hydrogens is 284 g/mol. The molecule has 2 N–H and O–H groups in total. The topological polar surface area (TPSA) is 41.1 Å². The second-order valence-corrected chi connectivity index (χ2v) is 5.65. The summed E-state index contributed by atoms with van der Waals surface area (Å²) in [6, 6.07) is 18.3. The van der Waals surface area contributed by atoms with Crippen LogP contribution in [0.15, 0.2) is 54.6 Å². The van der Waals surface area contributed by atoms with Crippen molar-refractivity contribution in [1.29, 1.82) is 0 Å². The number of carbonyl (C=O) groups is 1. The summed E-state index contributed by atoms with van der Waals surface area (Å²) in [6.07, 6.45) is 2.93. The Morgan fingerprint density at radius 1 is 0.870 bits per heavy atom. The third-order valence-corrected chi connectivity index (χ3v) is 3.80. The van der Waals surface area contributed by atoms with Gasteiger partial charge in [0.15, 0.2) is 0 Å². The molecule has 0 fully saturated rings. The average molecular weight is 310 g/mol. The summed E-state index contributed by atoms with van der Waals surface area (Å²) in [4.78, 5) is 12.4. The van der Waals surface area contributed by atoms with Crippen molar-refractivity contribution in [3.05, 3.63) is 71.3 Å². The van der Waals surface area contributed by atoms with Gasteiger partial charge in [-0.2, -0.15) is 0 Å². The van der Waals surface area contributed by atoms with E-state index in [0.717, 1.165) is 43.5 Å². The average Bonchev–Trinajstić information content (AvgIpc) is 2.61. The molecule has 0 spiro atoms. The molecule has 0 atom stereocenters. The van der Waals surface area contributed by atoms with Crippen LogP contribution in [0.4, 0.5) is 0 Å². The smallest absolute Gasteiger partial charge is 0.251 e. The molecule has 3 heteroatoms. The molecule has 1 amide bonds. The summed E-state index contributed by atoms with van der Waals surface area (Å²) >= 11 is 0. The van der Waals surface area contributed by atoms with Crippen molar-refractivity contribution < 1.29 is 4.79 Å². The predicted octanol–water partition coefficient (Wildman–Crippen LogP) is 3.20. The number of amides is 1. The summed E-state index contributed by atoms with van der Waals surface area (Å²) in [5, 5.41) is 6.28. The van der Waals surface area contributed by atoms with Gasteiger partial charge in [0.1, 0.15) is 0 Å². The van der Waals surface area contributed by atoms with Gasteiger partial charge in [-0.3, -0.25) is 4.79 Å². The van der Waals surface area contributed by atoms with Crippen molar-refractivity contribution in [2.24, 2.45) is 0 Å². The van der Waals surface area contributed by atoms with Gasteiger partial charge in [0, 0.05) is 18.7 Å². The van der Waals surface area contributed by atoms with Crippen molar-refractivity contribution in [3.8, 4) is 0 Å². The van der Waals surface area contributed by atoms with Gasteiger partial charge in [0.05, 0.1) is 0 Å². The van der Waals surface area contributed by atoms with Crippen LogP contribution in [0.5, 0.6) is 0 Å². The minimum absolute atomic E-state index is 0.0203. The fraction of sp³-hybridized carbons (Fsp3) is 0.350. The Morgan fingerprint density at radius 3 is 2.39 bits per heavy atom. The summed E-state index contributed by atoms with van der Waals surface area (Å²) in [5.74, 6) is 0.0203. The van der Waals surface area contributed by atoms with Gasteiger partial charge in [-0.15, -0.1) is 0 Å². The monoisotopic (exact) mass is 310 g/mol. The number of rotatable bonds is 9. The fourth-order valence-electron chi connectivity index (χ4n) is 2.54. The lowest BCUT2D eigenvalue weighted by Crippen LogP contribution is -2.32. The van der Waals surface area contributed by atoms with Crippen LogP contribution in [0.3, 0.4) is 0 Å². The largest absolute Gasteiger partial charge is 0.351 e. The van der Waals surface area contributed by atoms with E-state index in [1.807, 2.05) is 30.3 Å². The molecule has 0 saturated carbocycles. The summed E-state index contributed by atoms with van der Waals surface area (Å²) in [7, 11) is 0. The van der Waals surface area contributed by atoms with Crippen LogP contribution >= 0.6 is 0 Å². The first kappa shape index (κ1) is 17.2. The van der Waals surface area contributed by atoms with Crippen molar-refractivity contribution in [3.63, 3.8) is 0 Å². The summed E-state index contributed by atoms with van der Waals surface area (Å²) < 4.78 is 0. The van der Waals surface area contributed by atoms with E-state index < -0.39 is 0 Å². The first-order valence-electron chi connectivity index (χ1n) is 8.42. The molecule has 23 heavy (non-hydrogen) atoms. The minimum atomic E-state index is 0.0203. The van der Waals surface area contributed by atoms with Gasteiger partial charge in [0.2, 0.25) is 0 Å². The van der Waals surface area contributed by atoms with E-state index in [1.165, 1.54) is 5.56 Å². The third-order valence-electron chi connectivity index (χ3n) is 3.80. The molecule has 0 radical (unpaired) electrons. The van der Waals surface area contributed by atoms with Crippen LogP contribution in [0.1, 0.15) is 34.8 Å². The molecule has 2 rings (SSSR count). The predicted molar refractivity (Wildman–Crippen MR) is 95.8 cm³/mol. The van der Waals surface area contributed by atoms with Crippen LogP contribution in [-0.2, 0) is 12.8 Å². The summed E-state index contributed by atoms with van der Waals surface area (Å²) in [6.45, 7) is 4.59. The Hall–Kier alpha value is -2.13. The van der Waals surface area contributed by atoms with E-state index in [2.05, 4.69) is 41.8 Å². The SMILES string of the molecule is CCCNCCNC(=O)c1ccccc1CCc1ccccc1. The van der Waals surface area contributed by atoms with Gasteiger partial charge in [0.25, 0.3) is 5.91 Å². The van der Waals surface area contributed by atoms with Gasteiger partial charge < -0.3 is 10.6 Å². The first-order chi connectivity index (χ1) is 11.3. The lowest BCUT2D eigenvalue weighted by atomic mass is 9.99. The fourth-order valence-corrected chi connectivity index (χ4v) is 2.54. The van der Waals surface area contributed by atoms with E-state index in [1.54, 1.807) is 0 Å². The molecule has 0 aromatic heterocycles. The molecule has 0 aliphatic carbocycles. The van der Waals surface area contributed by atoms with Crippen molar-refractivity contribution in [2.75, 3.05) is 19.6 Å². The normalized spacial score (nSPS) is 10.5. The van der Waals surface area contributed by atoms with Crippen LogP contribution in [0, 0.1) is 0 Å². The maximum absolute atomic E-state index is 12.4. The zero-order chi connectivity index (χ0) is 16.3. The molecule has 2 aromatic carbocycles. The lowest BCUT2D eigenvalue weighted by Gasteiger charge is -2.11. The zero-order valence-electron chi connectivity index (χ0n) is 13.8. The van der Waals surface area contributed by atoms with Crippen LogP contribution in [0.25, 0.3) is 0 Å². The van der Waals surface area contributed by atoms with E-state index >= 15 is 0 Å². The minimum Gasteiger partial charge on any atom is -0.351 e. The number of aryl methyl sites for hydroxylation is 2. The Kier molecular flexibility index (Phi) is 7.34. The van der Waals surface area contributed by atoms with E-state index in [0.29, 0.717) is 6.54 Å². The lowest BCUT2D eigenvalue weighted by molar-refractivity contribution is 0.0953. The van der Waals surface area contributed by atoms with E-state index in [-0.39, 0.29) is 5.91 Å². The van der Waals surface area contributed by atoms with Crippen LogP contribution < -0.4 is 10.6 Å². The van der Waals surface area contributed by atoms with Gasteiger partial charge in [-0.25, -0.2) is 0 Å². The molecule has 0 saturated heterocycles. The number of hydrogen-bond donors (Lipinski definition) is 2. The van der Waals surface area contributed by atoms with Gasteiger partial charge in [-0.05, 0) is 43.0 Å². The van der Waals surface area contributed by atoms with E-state index in [4.69, 9.17) is 0 Å². The van der Waals surface area contributed by atoms with Gasteiger partial charge in [-0.1, -0.05) is 55.5 Å². The highest BCUT2D eigenvalue weighted by Crippen LogP contribution is 2.12. The maximum Gasteiger partial charge on any atom is 0.251 e. The first-order valence-corrected chi connectivity index (χ1v) is 8.42. The molecular formula is C20H26N2O. The molecule has 122 valence electrons. The number of benzene rings is 2. The van der Waals surface area contributed by atoms with Crippen LogP contribution in [0.2, 0.25) is 0 Å². The van der Waals surface area contributed by atoms with Crippen molar-refractivity contribution >= 4 is 5.91 Å². The maximum atomic E-state index is 12.4. The van der Waals surface area contributed by atoms with E-state index in [9.17, 15) is 4.79 Å².